The lowest BCUT2D eigenvalue weighted by atomic mass is 10.3. The van der Waals surface area contributed by atoms with E-state index in [4.69, 9.17) is 9.47 Å². The predicted octanol–water partition coefficient (Wildman–Crippen LogP) is 2.09. The molecule has 10 heavy (non-hydrogen) atoms. The molecule has 2 nitrogen and oxygen atoms in total. The van der Waals surface area contributed by atoms with E-state index < -0.39 is 0 Å². The van der Waals surface area contributed by atoms with E-state index in [0.717, 1.165) is 12.2 Å². The average molecular weight is 142 g/mol. The van der Waals surface area contributed by atoms with Crippen LogP contribution in [-0.4, -0.2) is 14.2 Å². The Labute approximate surface area is 62.1 Å². The number of allylic oxidation sites excluding steroid dienone is 2. The van der Waals surface area contributed by atoms with Gasteiger partial charge in [-0.15, -0.1) is 0 Å². The van der Waals surface area contributed by atoms with E-state index in [-0.39, 0.29) is 0 Å². The van der Waals surface area contributed by atoms with E-state index in [9.17, 15) is 0 Å². The normalized spacial score (nSPS) is 12.1. The van der Waals surface area contributed by atoms with Crippen LogP contribution < -0.4 is 0 Å². The molecule has 0 unspecified atom stereocenters. The summed E-state index contributed by atoms with van der Waals surface area (Å²) < 4.78 is 9.72. The Balaban J connectivity index is 3.55. The lowest BCUT2D eigenvalue weighted by Crippen LogP contribution is -1.82. The summed E-state index contributed by atoms with van der Waals surface area (Å²) in [6.07, 6.45) is 6.27. The van der Waals surface area contributed by atoms with Gasteiger partial charge in [0.05, 0.1) is 26.2 Å². The molecule has 0 aromatic heterocycles. The summed E-state index contributed by atoms with van der Waals surface area (Å²) in [5.74, 6) is 0.952. The Bertz CT molecular complexity index is 125. The number of ether oxygens (including phenoxy) is 2. The van der Waals surface area contributed by atoms with Crippen LogP contribution in [0.1, 0.15) is 13.3 Å². The Morgan fingerprint density at radius 1 is 1.40 bits per heavy atom. The minimum atomic E-state index is 0.792. The van der Waals surface area contributed by atoms with Crippen LogP contribution in [-0.2, 0) is 9.47 Å². The third-order valence-corrected chi connectivity index (χ3v) is 1.14. The second kappa shape index (κ2) is 6.20. The summed E-state index contributed by atoms with van der Waals surface area (Å²) in [6.45, 7) is 1.94. The third kappa shape index (κ3) is 4.01. The summed E-state index contributed by atoms with van der Waals surface area (Å²) in [6, 6.07) is 0. The maximum absolute atomic E-state index is 5.00. The molecule has 0 saturated carbocycles. The maximum atomic E-state index is 5.00. The van der Waals surface area contributed by atoms with E-state index in [1.54, 1.807) is 20.5 Å². The molecule has 0 N–H and O–H groups in total. The lowest BCUT2D eigenvalue weighted by Gasteiger charge is -1.99. The first-order chi connectivity index (χ1) is 4.85. The Morgan fingerprint density at radius 3 is 2.50 bits per heavy atom. The fourth-order valence-corrected chi connectivity index (χ4v) is 0.580. The van der Waals surface area contributed by atoms with Crippen LogP contribution in [0.15, 0.2) is 24.2 Å². The van der Waals surface area contributed by atoms with E-state index in [0.29, 0.717) is 0 Å². The molecule has 0 radical (unpaired) electrons. The monoisotopic (exact) mass is 142 g/mol. The molecule has 0 rings (SSSR count). The molecule has 0 aromatic carbocycles. The van der Waals surface area contributed by atoms with Gasteiger partial charge in [0.1, 0.15) is 0 Å². The molecular formula is C8H14O2. The zero-order valence-electron chi connectivity index (χ0n) is 6.76. The molecular weight excluding hydrogens is 128 g/mol. The van der Waals surface area contributed by atoms with Crippen LogP contribution in [0.4, 0.5) is 0 Å². The SMILES string of the molecule is CC=C(CC=COC)OC. The van der Waals surface area contributed by atoms with Gasteiger partial charge in [-0.05, 0) is 19.1 Å². The summed E-state index contributed by atoms with van der Waals surface area (Å²) >= 11 is 0. The van der Waals surface area contributed by atoms with Crippen molar-refractivity contribution in [3.63, 3.8) is 0 Å². The fourth-order valence-electron chi connectivity index (χ4n) is 0.580. The van der Waals surface area contributed by atoms with Gasteiger partial charge >= 0.3 is 0 Å². The molecule has 0 aliphatic heterocycles. The highest BCUT2D eigenvalue weighted by Crippen LogP contribution is 2.01. The second-order valence-electron chi connectivity index (χ2n) is 1.77. The quantitative estimate of drug-likeness (QED) is 0.559. The summed E-state index contributed by atoms with van der Waals surface area (Å²) in [7, 11) is 3.29. The van der Waals surface area contributed by atoms with Gasteiger partial charge in [0.25, 0.3) is 0 Å². The molecule has 0 bridgehead atoms. The lowest BCUT2D eigenvalue weighted by molar-refractivity contribution is 0.282. The topological polar surface area (TPSA) is 18.5 Å². The van der Waals surface area contributed by atoms with Gasteiger partial charge in [-0.1, -0.05) is 0 Å². The second-order valence-corrected chi connectivity index (χ2v) is 1.77. The minimum Gasteiger partial charge on any atom is -0.505 e. The first-order valence-electron chi connectivity index (χ1n) is 3.22. The molecule has 0 heterocycles. The molecule has 0 fully saturated rings. The van der Waals surface area contributed by atoms with Crippen molar-refractivity contribution in [1.82, 2.24) is 0 Å². The Morgan fingerprint density at radius 2 is 2.10 bits per heavy atom. The van der Waals surface area contributed by atoms with Crippen LogP contribution in [0.3, 0.4) is 0 Å². The zero-order chi connectivity index (χ0) is 7.82. The van der Waals surface area contributed by atoms with Gasteiger partial charge in [0.15, 0.2) is 0 Å². The highest BCUT2D eigenvalue weighted by Gasteiger charge is 1.87. The number of methoxy groups -OCH3 is 2. The standard InChI is InChI=1S/C8H14O2/c1-4-8(10-3)6-5-7-9-2/h4-5,7H,6H2,1-3H3. The third-order valence-electron chi connectivity index (χ3n) is 1.14. The van der Waals surface area contributed by atoms with Gasteiger partial charge in [0, 0.05) is 6.42 Å². The van der Waals surface area contributed by atoms with Gasteiger partial charge in [-0.25, -0.2) is 0 Å². The molecule has 0 aliphatic carbocycles. The first-order valence-corrected chi connectivity index (χ1v) is 3.22. The molecule has 58 valence electrons. The maximum Gasteiger partial charge on any atom is 0.0951 e. The summed E-state index contributed by atoms with van der Waals surface area (Å²) in [4.78, 5) is 0. The zero-order valence-corrected chi connectivity index (χ0v) is 6.76. The number of hydrogen-bond acceptors (Lipinski definition) is 2. The average Bonchev–Trinajstić information content (AvgIpc) is 1.99. The van der Waals surface area contributed by atoms with Gasteiger partial charge < -0.3 is 9.47 Å². The smallest absolute Gasteiger partial charge is 0.0951 e. The van der Waals surface area contributed by atoms with E-state index in [1.165, 1.54) is 0 Å². The van der Waals surface area contributed by atoms with Crippen LogP contribution in [0.5, 0.6) is 0 Å². The minimum absolute atomic E-state index is 0.792. The van der Waals surface area contributed by atoms with Crippen molar-refractivity contribution in [1.29, 1.82) is 0 Å². The van der Waals surface area contributed by atoms with Crippen molar-refractivity contribution < 1.29 is 9.47 Å². The van der Waals surface area contributed by atoms with Crippen molar-refractivity contribution in [2.45, 2.75) is 13.3 Å². The predicted molar refractivity (Wildman–Crippen MR) is 41.5 cm³/mol. The van der Waals surface area contributed by atoms with Crippen molar-refractivity contribution >= 4 is 0 Å². The number of rotatable bonds is 4. The van der Waals surface area contributed by atoms with Crippen LogP contribution in [0.2, 0.25) is 0 Å². The molecule has 0 aromatic rings. The number of hydrogen-bond donors (Lipinski definition) is 0. The van der Waals surface area contributed by atoms with Crippen molar-refractivity contribution in [3.05, 3.63) is 24.2 Å². The highest BCUT2D eigenvalue weighted by atomic mass is 16.5. The first kappa shape index (κ1) is 9.08. The van der Waals surface area contributed by atoms with Crippen LogP contribution in [0, 0.1) is 0 Å². The molecule has 0 atom stereocenters. The van der Waals surface area contributed by atoms with Crippen LogP contribution in [0.25, 0.3) is 0 Å². The van der Waals surface area contributed by atoms with Crippen molar-refractivity contribution in [2.75, 3.05) is 14.2 Å². The highest BCUT2D eigenvalue weighted by molar-refractivity contribution is 4.97. The largest absolute Gasteiger partial charge is 0.505 e. The van der Waals surface area contributed by atoms with E-state index in [2.05, 4.69) is 0 Å². The molecule has 2 heteroatoms. The van der Waals surface area contributed by atoms with Gasteiger partial charge in [-0.2, -0.15) is 0 Å². The van der Waals surface area contributed by atoms with E-state index >= 15 is 0 Å². The van der Waals surface area contributed by atoms with Gasteiger partial charge in [-0.3, -0.25) is 0 Å². The van der Waals surface area contributed by atoms with Crippen molar-refractivity contribution in [3.8, 4) is 0 Å². The summed E-state index contributed by atoms with van der Waals surface area (Å²) in [5.41, 5.74) is 0. The van der Waals surface area contributed by atoms with Crippen molar-refractivity contribution in [2.24, 2.45) is 0 Å². The Hall–Kier alpha value is -0.920. The Kier molecular flexibility index (Phi) is 5.63. The van der Waals surface area contributed by atoms with Gasteiger partial charge in [0.2, 0.25) is 0 Å². The summed E-state index contributed by atoms with van der Waals surface area (Å²) in [5, 5.41) is 0. The molecule has 0 spiro atoms. The van der Waals surface area contributed by atoms with E-state index in [1.807, 2.05) is 19.1 Å². The fraction of sp³-hybridized carbons (Fsp3) is 0.500. The van der Waals surface area contributed by atoms with Crippen LogP contribution >= 0.6 is 0 Å². The molecule has 0 saturated heterocycles. The molecule has 0 amide bonds. The molecule has 0 aliphatic rings.